The fourth-order valence-corrected chi connectivity index (χ4v) is 4.47. The van der Waals surface area contributed by atoms with Gasteiger partial charge in [-0.3, -0.25) is 19.1 Å². The summed E-state index contributed by atoms with van der Waals surface area (Å²) in [6.45, 7) is 7.73. The second-order valence-electron chi connectivity index (χ2n) is 9.20. The second-order valence-corrected chi connectivity index (χ2v) is 9.20. The SMILES string of the molecule is CCCc1cc(C(=O)N2CC(=O)N(Cc3ccc(OC)cc3)C[C@@H](OCC(=O)N(CC)CC)C2)n(C)n1. The Morgan fingerprint density at radius 1 is 1.11 bits per heavy atom. The minimum atomic E-state index is -0.517. The molecule has 2 heterocycles. The lowest BCUT2D eigenvalue weighted by molar-refractivity contribution is -0.138. The number of hydrogen-bond acceptors (Lipinski definition) is 6. The Hall–Kier alpha value is -3.40. The Morgan fingerprint density at radius 3 is 2.43 bits per heavy atom. The number of nitrogens with zero attached hydrogens (tertiary/aromatic N) is 5. The normalized spacial score (nSPS) is 16.0. The Bertz CT molecular complexity index is 1060. The van der Waals surface area contributed by atoms with Gasteiger partial charge < -0.3 is 24.2 Å². The Morgan fingerprint density at radius 2 is 1.81 bits per heavy atom. The predicted molar refractivity (Wildman–Crippen MR) is 139 cm³/mol. The highest BCUT2D eigenvalue weighted by Gasteiger charge is 2.33. The topological polar surface area (TPSA) is 97.2 Å². The molecule has 3 amide bonds. The number of amides is 3. The quantitative estimate of drug-likeness (QED) is 0.457. The van der Waals surface area contributed by atoms with Crippen LogP contribution in [0.1, 0.15) is 48.9 Å². The van der Waals surface area contributed by atoms with Crippen molar-refractivity contribution in [2.75, 3.05) is 46.4 Å². The van der Waals surface area contributed by atoms with Gasteiger partial charge in [0.2, 0.25) is 11.8 Å². The lowest BCUT2D eigenvalue weighted by atomic mass is 10.2. The fraction of sp³-hybridized carbons (Fsp3) is 0.556. The van der Waals surface area contributed by atoms with Gasteiger partial charge >= 0.3 is 0 Å². The largest absolute Gasteiger partial charge is 0.497 e. The molecule has 0 saturated carbocycles. The van der Waals surface area contributed by atoms with Crippen molar-refractivity contribution in [3.63, 3.8) is 0 Å². The molecular weight excluding hydrogens is 474 g/mol. The van der Waals surface area contributed by atoms with E-state index in [4.69, 9.17) is 9.47 Å². The number of aromatic nitrogens is 2. The molecule has 1 aliphatic heterocycles. The highest BCUT2D eigenvalue weighted by Crippen LogP contribution is 2.18. The highest BCUT2D eigenvalue weighted by molar-refractivity contribution is 5.95. The number of ether oxygens (including phenoxy) is 2. The van der Waals surface area contributed by atoms with E-state index in [1.807, 2.05) is 38.1 Å². The van der Waals surface area contributed by atoms with Crippen molar-refractivity contribution in [2.24, 2.45) is 7.05 Å². The van der Waals surface area contributed by atoms with E-state index in [0.717, 1.165) is 29.8 Å². The number of aryl methyl sites for hydroxylation is 2. The van der Waals surface area contributed by atoms with Crippen LogP contribution in [0.3, 0.4) is 0 Å². The van der Waals surface area contributed by atoms with Crippen LogP contribution in [-0.2, 0) is 34.3 Å². The zero-order valence-electron chi connectivity index (χ0n) is 22.6. The summed E-state index contributed by atoms with van der Waals surface area (Å²) in [5.41, 5.74) is 2.20. The number of rotatable bonds is 11. The van der Waals surface area contributed by atoms with Crippen molar-refractivity contribution in [3.05, 3.63) is 47.3 Å². The van der Waals surface area contributed by atoms with Crippen molar-refractivity contribution >= 4 is 17.7 Å². The molecular formula is C27H39N5O5. The molecule has 1 aromatic carbocycles. The van der Waals surface area contributed by atoms with Crippen LogP contribution in [-0.4, -0.2) is 94.7 Å². The van der Waals surface area contributed by atoms with Crippen LogP contribution in [0.2, 0.25) is 0 Å². The Kier molecular flexibility index (Phi) is 10.1. The van der Waals surface area contributed by atoms with E-state index in [9.17, 15) is 14.4 Å². The number of likely N-dealkylation sites (N-methyl/N-ethyl adjacent to an activating group) is 1. The molecule has 202 valence electrons. The van der Waals surface area contributed by atoms with Crippen LogP contribution >= 0.6 is 0 Å². The van der Waals surface area contributed by atoms with Crippen molar-refractivity contribution in [1.82, 2.24) is 24.5 Å². The van der Waals surface area contributed by atoms with Gasteiger partial charge in [0, 0.05) is 39.8 Å². The third-order valence-electron chi connectivity index (χ3n) is 6.56. The molecule has 0 radical (unpaired) electrons. The van der Waals surface area contributed by atoms with Gasteiger partial charge in [0.25, 0.3) is 5.91 Å². The van der Waals surface area contributed by atoms with Gasteiger partial charge in [-0.05, 0) is 44.0 Å². The Balaban J connectivity index is 1.81. The number of carbonyl (C=O) groups excluding carboxylic acids is 3. The van der Waals surface area contributed by atoms with Gasteiger partial charge in [0.1, 0.15) is 24.6 Å². The first-order valence-electron chi connectivity index (χ1n) is 12.9. The van der Waals surface area contributed by atoms with Gasteiger partial charge in [0.05, 0.1) is 18.9 Å². The van der Waals surface area contributed by atoms with Gasteiger partial charge in [-0.2, -0.15) is 5.10 Å². The monoisotopic (exact) mass is 513 g/mol. The number of methoxy groups -OCH3 is 1. The van der Waals surface area contributed by atoms with E-state index in [1.54, 1.807) is 34.7 Å². The Labute approximate surface area is 219 Å². The smallest absolute Gasteiger partial charge is 0.272 e. The minimum Gasteiger partial charge on any atom is -0.497 e. The summed E-state index contributed by atoms with van der Waals surface area (Å²) in [5, 5.41) is 4.44. The summed E-state index contributed by atoms with van der Waals surface area (Å²) in [4.78, 5) is 44.3. The first kappa shape index (κ1) is 28.2. The molecule has 1 fully saturated rings. The summed E-state index contributed by atoms with van der Waals surface area (Å²) < 4.78 is 12.8. The maximum atomic E-state index is 13.5. The zero-order valence-corrected chi connectivity index (χ0v) is 22.6. The van der Waals surface area contributed by atoms with Crippen molar-refractivity contribution < 1.29 is 23.9 Å². The summed E-state index contributed by atoms with van der Waals surface area (Å²) in [5.74, 6) is 0.162. The minimum absolute atomic E-state index is 0.0763. The molecule has 0 N–H and O–H groups in total. The number of carbonyl (C=O) groups is 3. The summed E-state index contributed by atoms with van der Waals surface area (Å²) >= 11 is 0. The van der Waals surface area contributed by atoms with E-state index in [-0.39, 0.29) is 44.0 Å². The first-order valence-corrected chi connectivity index (χ1v) is 12.9. The second kappa shape index (κ2) is 13.2. The van der Waals surface area contributed by atoms with Crippen molar-refractivity contribution in [1.29, 1.82) is 0 Å². The van der Waals surface area contributed by atoms with Crippen LogP contribution in [0, 0.1) is 0 Å². The summed E-state index contributed by atoms with van der Waals surface area (Å²) in [7, 11) is 3.34. The molecule has 1 aliphatic rings. The van der Waals surface area contributed by atoms with E-state index in [2.05, 4.69) is 12.0 Å². The molecule has 37 heavy (non-hydrogen) atoms. The third kappa shape index (κ3) is 7.31. The molecule has 3 rings (SSSR count). The van der Waals surface area contributed by atoms with Gasteiger partial charge in [-0.1, -0.05) is 25.5 Å². The average molecular weight is 514 g/mol. The highest BCUT2D eigenvalue weighted by atomic mass is 16.5. The van der Waals surface area contributed by atoms with Crippen LogP contribution in [0.15, 0.2) is 30.3 Å². The molecule has 0 spiro atoms. The fourth-order valence-electron chi connectivity index (χ4n) is 4.47. The standard InChI is InChI=1S/C27H39N5O5/c1-6-9-21-14-24(29(4)28-21)27(35)32-17-23(37-19-26(34)30(7-2)8-3)16-31(25(33)18-32)15-20-10-12-22(36-5)13-11-20/h10-14,23H,6-9,15-19H2,1-5H3/t23-/m1/s1. The molecule has 1 saturated heterocycles. The maximum absolute atomic E-state index is 13.5. The predicted octanol–water partition coefficient (Wildman–Crippen LogP) is 2.12. The third-order valence-corrected chi connectivity index (χ3v) is 6.56. The van der Waals surface area contributed by atoms with Gasteiger partial charge in [0.15, 0.2) is 0 Å². The van der Waals surface area contributed by atoms with Crippen molar-refractivity contribution in [2.45, 2.75) is 46.3 Å². The maximum Gasteiger partial charge on any atom is 0.272 e. The number of benzene rings is 1. The van der Waals surface area contributed by atoms with Gasteiger partial charge in [-0.15, -0.1) is 0 Å². The molecule has 10 heteroatoms. The first-order chi connectivity index (χ1) is 17.8. The molecule has 2 aromatic rings. The van der Waals surface area contributed by atoms with E-state index >= 15 is 0 Å². The zero-order chi connectivity index (χ0) is 26.9. The van der Waals surface area contributed by atoms with Crippen LogP contribution < -0.4 is 4.74 Å². The molecule has 0 aliphatic carbocycles. The summed E-state index contributed by atoms with van der Waals surface area (Å²) in [6.07, 6.45) is 1.18. The molecule has 1 atom stereocenters. The number of hydrogen-bond donors (Lipinski definition) is 0. The lowest BCUT2D eigenvalue weighted by Gasteiger charge is -2.26. The molecule has 0 unspecified atom stereocenters. The van der Waals surface area contributed by atoms with Crippen LogP contribution in [0.25, 0.3) is 0 Å². The molecule has 10 nitrogen and oxygen atoms in total. The van der Waals surface area contributed by atoms with E-state index < -0.39 is 6.10 Å². The van der Waals surface area contributed by atoms with Crippen molar-refractivity contribution in [3.8, 4) is 5.75 Å². The van der Waals surface area contributed by atoms with E-state index in [1.165, 1.54) is 4.90 Å². The lowest BCUT2D eigenvalue weighted by Crippen LogP contribution is -2.42. The van der Waals surface area contributed by atoms with E-state index in [0.29, 0.717) is 25.3 Å². The average Bonchev–Trinajstić information content (AvgIpc) is 3.18. The summed E-state index contributed by atoms with van der Waals surface area (Å²) in [6, 6.07) is 9.30. The molecule has 1 aromatic heterocycles. The van der Waals surface area contributed by atoms with Crippen LogP contribution in [0.5, 0.6) is 5.75 Å². The van der Waals surface area contributed by atoms with Gasteiger partial charge in [-0.25, -0.2) is 0 Å². The molecule has 0 bridgehead atoms. The van der Waals surface area contributed by atoms with Crippen LogP contribution in [0.4, 0.5) is 0 Å².